The maximum atomic E-state index is 11.2. The van der Waals surface area contributed by atoms with E-state index in [0.717, 1.165) is 12.8 Å². The highest BCUT2D eigenvalue weighted by Gasteiger charge is 2.13. The third-order valence-electron chi connectivity index (χ3n) is 2.29. The lowest BCUT2D eigenvalue weighted by molar-refractivity contribution is -0.139. The van der Waals surface area contributed by atoms with Crippen LogP contribution < -0.4 is 0 Å². The molecule has 0 atom stereocenters. The summed E-state index contributed by atoms with van der Waals surface area (Å²) in [5.74, 6) is 2.60. The van der Waals surface area contributed by atoms with Crippen LogP contribution in [0, 0.1) is 12.0 Å². The zero-order valence-electron chi connectivity index (χ0n) is 13.7. The Bertz CT molecular complexity index is 412. The lowest BCUT2D eigenvalue weighted by Crippen LogP contribution is -2.15. The lowest BCUT2D eigenvalue weighted by atomic mass is 10.3. The molecular formula is C14H26O8S. The van der Waals surface area contributed by atoms with Crippen LogP contribution in [0.1, 0.15) is 33.1 Å². The summed E-state index contributed by atoms with van der Waals surface area (Å²) in [6.07, 6.45) is 4.64. The van der Waals surface area contributed by atoms with Gasteiger partial charge in [-0.15, -0.1) is 0 Å². The molecule has 0 bridgehead atoms. The summed E-state index contributed by atoms with van der Waals surface area (Å²) in [7, 11) is -4.23. The van der Waals surface area contributed by atoms with Crippen LogP contribution in [0.25, 0.3) is 0 Å². The molecule has 0 aromatic carbocycles. The first kappa shape index (κ1) is 22.1. The molecule has 0 heterocycles. The summed E-state index contributed by atoms with van der Waals surface area (Å²) in [4.78, 5) is 4.24. The van der Waals surface area contributed by atoms with Crippen molar-refractivity contribution in [1.29, 1.82) is 0 Å². The van der Waals surface area contributed by atoms with Crippen molar-refractivity contribution >= 4 is 10.4 Å². The maximum Gasteiger partial charge on any atom is 0.436 e. The molecule has 0 aromatic rings. The van der Waals surface area contributed by atoms with Crippen molar-refractivity contribution in [3.63, 3.8) is 0 Å². The van der Waals surface area contributed by atoms with E-state index in [1.54, 1.807) is 0 Å². The highest BCUT2D eigenvalue weighted by Crippen LogP contribution is 1.97. The van der Waals surface area contributed by atoms with Gasteiger partial charge in [0.15, 0.2) is 6.11 Å². The van der Waals surface area contributed by atoms with Crippen LogP contribution in [-0.2, 0) is 38.0 Å². The number of ether oxygens (including phenoxy) is 3. The lowest BCUT2D eigenvalue weighted by Gasteiger charge is -2.06. The van der Waals surface area contributed by atoms with Crippen molar-refractivity contribution in [1.82, 2.24) is 0 Å². The molecule has 0 aliphatic carbocycles. The van der Waals surface area contributed by atoms with Gasteiger partial charge in [0, 0.05) is 13.0 Å². The molecule has 0 amide bonds. The van der Waals surface area contributed by atoms with Gasteiger partial charge < -0.3 is 14.2 Å². The van der Waals surface area contributed by atoms with Gasteiger partial charge in [-0.1, -0.05) is 19.3 Å². The topological polar surface area (TPSA) is 89.5 Å². The second-order valence-electron chi connectivity index (χ2n) is 4.19. The van der Waals surface area contributed by atoms with Gasteiger partial charge in [0.25, 0.3) is 0 Å². The van der Waals surface area contributed by atoms with Crippen molar-refractivity contribution in [2.75, 3.05) is 46.2 Å². The predicted molar refractivity (Wildman–Crippen MR) is 82.5 cm³/mol. The van der Waals surface area contributed by atoms with Crippen LogP contribution >= 0.6 is 0 Å². The van der Waals surface area contributed by atoms with Crippen LogP contribution in [0.4, 0.5) is 0 Å². The molecule has 0 rings (SSSR count). The number of unbranched alkanes of at least 4 members (excludes halogenated alkanes) is 2. The summed E-state index contributed by atoms with van der Waals surface area (Å²) in [6.45, 7) is 6.23. The molecule has 0 saturated heterocycles. The molecule has 0 fully saturated rings. The predicted octanol–water partition coefficient (Wildman–Crippen LogP) is 1.42. The quantitative estimate of drug-likeness (QED) is 0.189. The van der Waals surface area contributed by atoms with E-state index in [4.69, 9.17) is 14.2 Å². The van der Waals surface area contributed by atoms with E-state index in [9.17, 15) is 8.42 Å². The van der Waals surface area contributed by atoms with E-state index in [2.05, 4.69) is 25.4 Å². The Labute approximate surface area is 138 Å². The summed E-state index contributed by atoms with van der Waals surface area (Å²) < 4.78 is 46.4. The molecule has 8 nitrogen and oxygen atoms in total. The minimum Gasteiger partial charge on any atom is -0.379 e. The van der Waals surface area contributed by atoms with Crippen molar-refractivity contribution in [2.45, 2.75) is 33.1 Å². The van der Waals surface area contributed by atoms with Crippen molar-refractivity contribution < 1.29 is 36.0 Å². The molecule has 0 aromatic heterocycles. The molecule has 0 unspecified atom stereocenters. The summed E-state index contributed by atoms with van der Waals surface area (Å²) in [5.41, 5.74) is 0. The van der Waals surface area contributed by atoms with E-state index in [1.165, 1.54) is 0 Å². The molecule has 136 valence electrons. The van der Waals surface area contributed by atoms with Gasteiger partial charge in [0.1, 0.15) is 0 Å². The molecule has 0 saturated carbocycles. The van der Waals surface area contributed by atoms with Crippen molar-refractivity contribution in [2.24, 2.45) is 0 Å². The van der Waals surface area contributed by atoms with Gasteiger partial charge >= 0.3 is 10.4 Å². The van der Waals surface area contributed by atoms with Crippen LogP contribution in [-0.4, -0.2) is 54.7 Å². The second kappa shape index (κ2) is 16.0. The first-order chi connectivity index (χ1) is 11.1. The smallest absolute Gasteiger partial charge is 0.379 e. The highest BCUT2D eigenvalue weighted by atomic mass is 32.3. The van der Waals surface area contributed by atoms with Gasteiger partial charge in [-0.2, -0.15) is 8.42 Å². The summed E-state index contributed by atoms with van der Waals surface area (Å²) in [6, 6.07) is 0. The average Bonchev–Trinajstić information content (AvgIpc) is 2.52. The molecule has 23 heavy (non-hydrogen) atoms. The normalized spacial score (nSPS) is 11.0. The third kappa shape index (κ3) is 17.3. The Morgan fingerprint density at radius 2 is 1.48 bits per heavy atom. The molecule has 9 heteroatoms. The minimum atomic E-state index is -4.23. The molecule has 0 aliphatic rings. The van der Waals surface area contributed by atoms with Crippen LogP contribution in [0.5, 0.6) is 0 Å². The van der Waals surface area contributed by atoms with Crippen LogP contribution in [0.15, 0.2) is 0 Å². The van der Waals surface area contributed by atoms with Gasteiger partial charge in [-0.05, 0) is 17.7 Å². The molecular weight excluding hydrogens is 328 g/mol. The Kier molecular flexibility index (Phi) is 15.4. The first-order valence-corrected chi connectivity index (χ1v) is 8.91. The Balaban J connectivity index is 3.46. The maximum absolute atomic E-state index is 11.2. The van der Waals surface area contributed by atoms with E-state index >= 15 is 0 Å². The van der Waals surface area contributed by atoms with E-state index in [0.29, 0.717) is 39.5 Å². The fraction of sp³-hybridized carbons (Fsp3) is 0.857. The number of hydrogen-bond acceptors (Lipinski definition) is 8. The fourth-order valence-electron chi connectivity index (χ4n) is 1.20. The minimum absolute atomic E-state index is 0.0829. The summed E-state index contributed by atoms with van der Waals surface area (Å²) >= 11 is 0. The van der Waals surface area contributed by atoms with E-state index in [-0.39, 0.29) is 13.2 Å². The van der Waals surface area contributed by atoms with Gasteiger partial charge in [0.05, 0.1) is 39.6 Å². The standard InChI is InChI=1S/C14H26O8S/c1-3-5-6-7-8-20-22-23(15,16)21-14-13-19-12-11-18-10-9-17-4-2/h3-6,9-14H2,1-2H3. The van der Waals surface area contributed by atoms with Crippen LogP contribution in [0.3, 0.4) is 0 Å². The van der Waals surface area contributed by atoms with E-state index in [1.807, 2.05) is 13.8 Å². The second-order valence-corrected chi connectivity index (χ2v) is 5.37. The van der Waals surface area contributed by atoms with Crippen molar-refractivity contribution in [3.8, 4) is 12.0 Å². The Morgan fingerprint density at radius 1 is 0.870 bits per heavy atom. The Morgan fingerprint density at radius 3 is 2.09 bits per heavy atom. The van der Waals surface area contributed by atoms with E-state index < -0.39 is 10.4 Å². The fourth-order valence-corrected chi connectivity index (χ4v) is 1.63. The van der Waals surface area contributed by atoms with Crippen molar-refractivity contribution in [3.05, 3.63) is 0 Å². The summed E-state index contributed by atoms with van der Waals surface area (Å²) in [5, 5.41) is 0. The largest absolute Gasteiger partial charge is 0.436 e. The molecule has 0 N–H and O–H groups in total. The number of hydrogen-bond donors (Lipinski definition) is 0. The first-order valence-electron chi connectivity index (χ1n) is 7.58. The molecule has 0 aliphatic heterocycles. The zero-order chi connectivity index (χ0) is 17.2. The average molecular weight is 354 g/mol. The van der Waals surface area contributed by atoms with Crippen LogP contribution in [0.2, 0.25) is 0 Å². The van der Waals surface area contributed by atoms with Gasteiger partial charge in [-0.3, -0.25) is 4.89 Å². The molecule has 0 spiro atoms. The monoisotopic (exact) mass is 354 g/mol. The van der Waals surface area contributed by atoms with Gasteiger partial charge in [0.2, 0.25) is 0 Å². The zero-order valence-corrected chi connectivity index (χ0v) is 14.6. The number of rotatable bonds is 15. The van der Waals surface area contributed by atoms with Gasteiger partial charge in [-0.25, -0.2) is 4.18 Å². The SMILES string of the molecule is CCCCC#COOS(=O)(=O)OCCOCCOCCOCC. The Hall–Kier alpha value is -0.890. The third-order valence-corrected chi connectivity index (χ3v) is 2.98. The highest BCUT2D eigenvalue weighted by molar-refractivity contribution is 7.81. The molecule has 0 radical (unpaired) electrons.